The molecule has 6 heteroatoms. The molecule has 0 radical (unpaired) electrons. The van der Waals surface area contributed by atoms with E-state index in [1.54, 1.807) is 12.4 Å². The molecule has 156 valence electrons. The van der Waals surface area contributed by atoms with Gasteiger partial charge in [0.15, 0.2) is 0 Å². The number of rotatable bonds is 6. The van der Waals surface area contributed by atoms with Gasteiger partial charge in [-0.2, -0.15) is 0 Å². The Bertz CT molecular complexity index is 1360. The van der Waals surface area contributed by atoms with Crippen LogP contribution in [0.2, 0.25) is 0 Å². The van der Waals surface area contributed by atoms with Crippen LogP contribution >= 0.6 is 0 Å². The third-order valence-electron chi connectivity index (χ3n) is 6.61. The average Bonchev–Trinajstić information content (AvgIpc) is 3.61. The highest BCUT2D eigenvalue weighted by Crippen LogP contribution is 2.39. The van der Waals surface area contributed by atoms with E-state index in [2.05, 4.69) is 28.2 Å². The normalized spacial score (nSPS) is 24.2. The fourth-order valence-corrected chi connectivity index (χ4v) is 4.73. The molecule has 4 heterocycles. The van der Waals surface area contributed by atoms with Crippen molar-refractivity contribution in [1.29, 1.82) is 0 Å². The van der Waals surface area contributed by atoms with Crippen LogP contribution in [0.4, 0.5) is 0 Å². The molecular formula is C25H22N2O4. The number of aromatic nitrogens is 2. The molecule has 3 fully saturated rings. The number of fused-ring (bicyclic) bond motifs is 6. The zero-order valence-electron chi connectivity index (χ0n) is 17.0. The molecule has 3 aliphatic rings. The van der Waals surface area contributed by atoms with E-state index in [1.807, 2.05) is 6.07 Å². The molecule has 1 N–H and O–H groups in total. The summed E-state index contributed by atoms with van der Waals surface area (Å²) >= 11 is 0. The molecule has 7 rings (SSSR count). The lowest BCUT2D eigenvalue weighted by Crippen LogP contribution is -2.03. The molecule has 0 amide bonds. The molecule has 3 unspecified atom stereocenters. The number of benzene rings is 3. The lowest BCUT2D eigenvalue weighted by Gasteiger charge is -2.15. The smallest absolute Gasteiger partial charge is 0.119 e. The zero-order valence-corrected chi connectivity index (χ0v) is 17.0. The third-order valence-corrected chi connectivity index (χ3v) is 6.61. The second-order valence-electron chi connectivity index (χ2n) is 8.92. The first kappa shape index (κ1) is 17.8. The Balaban J connectivity index is 1.53. The number of epoxide rings is 3. The number of hydrogen-bond donors (Lipinski definition) is 1. The number of phenols is 1. The molecule has 3 aliphatic heterocycles. The molecule has 31 heavy (non-hydrogen) atoms. The maximum atomic E-state index is 10.7. The molecule has 0 spiro atoms. The summed E-state index contributed by atoms with van der Waals surface area (Å²) in [5.74, 6) is 0.295. The van der Waals surface area contributed by atoms with Gasteiger partial charge in [-0.15, -0.1) is 0 Å². The molecule has 3 atom stereocenters. The van der Waals surface area contributed by atoms with Crippen molar-refractivity contribution in [3.8, 4) is 5.75 Å². The Morgan fingerprint density at radius 3 is 1.58 bits per heavy atom. The van der Waals surface area contributed by atoms with Gasteiger partial charge in [0.1, 0.15) is 5.75 Å². The van der Waals surface area contributed by atoms with Gasteiger partial charge in [0.25, 0.3) is 0 Å². The molecule has 1 aromatic heterocycles. The van der Waals surface area contributed by atoms with Gasteiger partial charge in [0.05, 0.1) is 49.2 Å². The van der Waals surface area contributed by atoms with E-state index < -0.39 is 0 Å². The van der Waals surface area contributed by atoms with Crippen molar-refractivity contribution in [2.45, 2.75) is 37.6 Å². The van der Waals surface area contributed by atoms with Gasteiger partial charge in [-0.3, -0.25) is 9.97 Å². The van der Waals surface area contributed by atoms with Crippen LogP contribution in [-0.2, 0) is 33.5 Å². The SMILES string of the molecule is Oc1cc2c(cc1CC1CO1)c1cc(CC3CO3)c(CC3CO3)cc1c1nccnc21. The van der Waals surface area contributed by atoms with Crippen molar-refractivity contribution in [3.63, 3.8) is 0 Å². The Labute approximate surface area is 178 Å². The largest absolute Gasteiger partial charge is 0.508 e. The van der Waals surface area contributed by atoms with Gasteiger partial charge in [0.2, 0.25) is 0 Å². The molecule has 0 saturated carbocycles. The Morgan fingerprint density at radius 1 is 0.645 bits per heavy atom. The number of phenolic OH excluding ortho intramolecular Hbond substituents is 1. The number of nitrogens with zero attached hydrogens (tertiary/aromatic N) is 2. The van der Waals surface area contributed by atoms with Crippen molar-refractivity contribution < 1.29 is 19.3 Å². The summed E-state index contributed by atoms with van der Waals surface area (Å²) in [6.45, 7) is 2.43. The molecule has 4 aromatic rings. The molecule has 3 aromatic carbocycles. The standard InChI is InChI=1S/C25H22N2O4/c28-23-9-22-20(8-15(23)5-18-12-31-18)19-6-13(3-16-10-29-16)14(4-17-11-30-17)7-21(19)24-25(22)27-2-1-26-24/h1-2,6-9,16-18,28H,3-5,10-12H2. The third kappa shape index (κ3) is 3.22. The Kier molecular flexibility index (Phi) is 3.80. The summed E-state index contributed by atoms with van der Waals surface area (Å²) in [4.78, 5) is 9.33. The Hall–Kier alpha value is -2.80. The van der Waals surface area contributed by atoms with E-state index in [0.29, 0.717) is 18.0 Å². The minimum absolute atomic E-state index is 0.211. The van der Waals surface area contributed by atoms with E-state index in [-0.39, 0.29) is 6.10 Å². The van der Waals surface area contributed by atoms with E-state index in [9.17, 15) is 5.11 Å². The van der Waals surface area contributed by atoms with Gasteiger partial charge in [0, 0.05) is 42.4 Å². The summed E-state index contributed by atoms with van der Waals surface area (Å²) in [5, 5.41) is 15.0. The van der Waals surface area contributed by atoms with Crippen molar-refractivity contribution in [1.82, 2.24) is 9.97 Å². The number of hydrogen-bond acceptors (Lipinski definition) is 6. The predicted molar refractivity (Wildman–Crippen MR) is 117 cm³/mol. The molecule has 6 nitrogen and oxygen atoms in total. The van der Waals surface area contributed by atoms with Crippen LogP contribution in [-0.4, -0.2) is 53.2 Å². The van der Waals surface area contributed by atoms with Gasteiger partial charge >= 0.3 is 0 Å². The van der Waals surface area contributed by atoms with Crippen LogP contribution in [0.25, 0.3) is 32.6 Å². The van der Waals surface area contributed by atoms with Gasteiger partial charge in [-0.25, -0.2) is 0 Å². The second-order valence-corrected chi connectivity index (χ2v) is 8.92. The summed E-state index contributed by atoms with van der Waals surface area (Å²) in [7, 11) is 0. The fraction of sp³-hybridized carbons (Fsp3) is 0.360. The van der Waals surface area contributed by atoms with Gasteiger partial charge in [-0.05, 0) is 45.7 Å². The minimum atomic E-state index is 0.211. The summed E-state index contributed by atoms with van der Waals surface area (Å²) in [5.41, 5.74) is 5.23. The lowest BCUT2D eigenvalue weighted by atomic mass is 9.90. The summed E-state index contributed by atoms with van der Waals surface area (Å²) in [6.07, 6.45) is 6.85. The van der Waals surface area contributed by atoms with Crippen LogP contribution in [0.5, 0.6) is 5.75 Å². The van der Waals surface area contributed by atoms with Crippen LogP contribution in [0, 0.1) is 0 Å². The maximum Gasteiger partial charge on any atom is 0.119 e. The highest BCUT2D eigenvalue weighted by atomic mass is 16.6. The highest BCUT2D eigenvalue weighted by molar-refractivity contribution is 6.23. The summed E-state index contributed by atoms with van der Waals surface area (Å²) < 4.78 is 16.5. The topological polar surface area (TPSA) is 83.6 Å². The molecule has 0 aliphatic carbocycles. The van der Waals surface area contributed by atoms with Crippen LogP contribution < -0.4 is 0 Å². The fourth-order valence-electron chi connectivity index (χ4n) is 4.73. The van der Waals surface area contributed by atoms with E-state index in [0.717, 1.165) is 77.2 Å². The van der Waals surface area contributed by atoms with Crippen LogP contribution in [0.1, 0.15) is 16.7 Å². The number of ether oxygens (including phenoxy) is 3. The maximum absolute atomic E-state index is 10.7. The minimum Gasteiger partial charge on any atom is -0.508 e. The predicted octanol–water partition coefficient (Wildman–Crippen LogP) is 3.47. The first-order valence-electron chi connectivity index (χ1n) is 10.9. The molecule has 3 saturated heterocycles. The average molecular weight is 414 g/mol. The van der Waals surface area contributed by atoms with E-state index in [4.69, 9.17) is 14.2 Å². The Morgan fingerprint density at radius 2 is 1.06 bits per heavy atom. The van der Waals surface area contributed by atoms with Crippen molar-refractivity contribution in [2.75, 3.05) is 19.8 Å². The highest BCUT2D eigenvalue weighted by Gasteiger charge is 2.29. The monoisotopic (exact) mass is 414 g/mol. The zero-order chi connectivity index (χ0) is 20.5. The van der Waals surface area contributed by atoms with Gasteiger partial charge in [-0.1, -0.05) is 6.07 Å². The molecular weight excluding hydrogens is 392 g/mol. The van der Waals surface area contributed by atoms with Crippen molar-refractivity contribution in [3.05, 3.63) is 53.3 Å². The number of aromatic hydroxyl groups is 1. The quantitative estimate of drug-likeness (QED) is 0.384. The first-order valence-corrected chi connectivity index (χ1v) is 10.9. The van der Waals surface area contributed by atoms with Crippen LogP contribution in [0.3, 0.4) is 0 Å². The van der Waals surface area contributed by atoms with Gasteiger partial charge < -0.3 is 19.3 Å². The lowest BCUT2D eigenvalue weighted by molar-refractivity contribution is 0.401. The second kappa shape index (κ2) is 6.60. The van der Waals surface area contributed by atoms with E-state index >= 15 is 0 Å². The molecule has 0 bridgehead atoms. The van der Waals surface area contributed by atoms with E-state index in [1.165, 1.54) is 11.1 Å². The van der Waals surface area contributed by atoms with Crippen molar-refractivity contribution in [2.24, 2.45) is 0 Å². The van der Waals surface area contributed by atoms with Crippen molar-refractivity contribution >= 4 is 32.6 Å². The summed E-state index contributed by atoms with van der Waals surface area (Å²) in [6, 6.07) is 8.55. The first-order chi connectivity index (χ1) is 15.2. The van der Waals surface area contributed by atoms with Crippen LogP contribution in [0.15, 0.2) is 36.7 Å².